The van der Waals surface area contributed by atoms with Gasteiger partial charge in [-0.25, -0.2) is 9.78 Å². The Morgan fingerprint density at radius 2 is 2.17 bits per heavy atom. The second-order valence-electron chi connectivity index (χ2n) is 6.64. The number of carbonyl (C=O) groups excluding carboxylic acids is 1. The molecule has 0 N–H and O–H groups in total. The number of benzene rings is 1. The second kappa shape index (κ2) is 8.38. The molecule has 0 atom stereocenters. The van der Waals surface area contributed by atoms with Gasteiger partial charge >= 0.3 is 5.97 Å². The van der Waals surface area contributed by atoms with Crippen molar-refractivity contribution in [2.75, 3.05) is 31.3 Å². The second-order valence-corrected chi connectivity index (χ2v) is 6.64. The molecule has 2 aromatic heterocycles. The monoisotopic (exact) mass is 397 g/mol. The van der Waals surface area contributed by atoms with E-state index in [2.05, 4.69) is 17.1 Å². The van der Waals surface area contributed by atoms with Crippen LogP contribution in [0, 0.1) is 0 Å². The van der Waals surface area contributed by atoms with Crippen LogP contribution in [-0.4, -0.2) is 42.5 Å². The molecule has 0 bridgehead atoms. The van der Waals surface area contributed by atoms with E-state index in [1.54, 1.807) is 13.0 Å². The fourth-order valence-corrected chi connectivity index (χ4v) is 3.16. The summed E-state index contributed by atoms with van der Waals surface area (Å²) in [6, 6.07) is 7.48. The van der Waals surface area contributed by atoms with Gasteiger partial charge in [-0.3, -0.25) is 0 Å². The first kappa shape index (κ1) is 19.0. The highest BCUT2D eigenvalue weighted by atomic mass is 16.5. The highest BCUT2D eigenvalue weighted by molar-refractivity contribution is 5.91. The molecule has 1 aliphatic heterocycles. The van der Waals surface area contributed by atoms with Crippen LogP contribution in [-0.2, 0) is 4.74 Å². The molecule has 0 unspecified atom stereocenters. The van der Waals surface area contributed by atoms with Crippen molar-refractivity contribution in [3.63, 3.8) is 0 Å². The Hall–Kier alpha value is -3.29. The zero-order chi connectivity index (χ0) is 20.2. The van der Waals surface area contributed by atoms with Crippen molar-refractivity contribution in [2.45, 2.75) is 26.7 Å². The normalized spacial score (nSPS) is 13.1. The van der Waals surface area contributed by atoms with Crippen molar-refractivity contribution in [3.8, 4) is 11.6 Å². The maximum atomic E-state index is 12.0. The molecule has 4 rings (SSSR count). The molecule has 0 aliphatic carbocycles. The summed E-state index contributed by atoms with van der Waals surface area (Å²) in [5.74, 6) is 1.28. The van der Waals surface area contributed by atoms with E-state index >= 15 is 0 Å². The predicted molar refractivity (Wildman–Crippen MR) is 107 cm³/mol. The van der Waals surface area contributed by atoms with Gasteiger partial charge in [0.25, 0.3) is 5.88 Å². The third-order valence-corrected chi connectivity index (χ3v) is 4.64. The molecule has 8 nitrogen and oxygen atoms in total. The third kappa shape index (κ3) is 3.83. The van der Waals surface area contributed by atoms with E-state index in [1.165, 1.54) is 6.20 Å². The number of pyridine rings is 1. The Morgan fingerprint density at radius 1 is 1.28 bits per heavy atom. The van der Waals surface area contributed by atoms with Gasteiger partial charge in [0, 0.05) is 24.0 Å². The van der Waals surface area contributed by atoms with Crippen LogP contribution in [0.15, 0.2) is 35.0 Å². The van der Waals surface area contributed by atoms with Crippen LogP contribution in [0.25, 0.3) is 11.0 Å². The first-order chi connectivity index (χ1) is 14.2. The summed E-state index contributed by atoms with van der Waals surface area (Å²) < 4.78 is 21.9. The lowest BCUT2D eigenvalue weighted by molar-refractivity contribution is 0.0525. The van der Waals surface area contributed by atoms with Crippen LogP contribution < -0.4 is 14.4 Å². The van der Waals surface area contributed by atoms with Gasteiger partial charge in [-0.05, 0) is 30.6 Å². The van der Waals surface area contributed by atoms with Crippen molar-refractivity contribution in [3.05, 3.63) is 36.0 Å². The molecule has 0 saturated carbocycles. The first-order valence-electron chi connectivity index (χ1n) is 9.81. The molecule has 0 saturated heterocycles. The summed E-state index contributed by atoms with van der Waals surface area (Å²) in [4.78, 5) is 18.4. The van der Waals surface area contributed by atoms with Crippen LogP contribution >= 0.6 is 0 Å². The van der Waals surface area contributed by atoms with E-state index in [1.807, 2.05) is 23.1 Å². The van der Waals surface area contributed by atoms with Gasteiger partial charge in [0.1, 0.15) is 6.61 Å². The lowest BCUT2D eigenvalue weighted by atomic mass is 10.2. The number of carbonyl (C=O) groups is 1. The SMILES string of the molecule is CCCCOc1noc2cc(N3CCOc4cc(C(=O)OCC)cnc43)ccc12. The number of ether oxygens (including phenoxy) is 3. The molecule has 29 heavy (non-hydrogen) atoms. The largest absolute Gasteiger partial charge is 0.488 e. The highest BCUT2D eigenvalue weighted by Gasteiger charge is 2.24. The number of aromatic nitrogens is 2. The average Bonchev–Trinajstić information content (AvgIpc) is 3.15. The maximum absolute atomic E-state index is 12.0. The molecule has 152 valence electrons. The van der Waals surface area contributed by atoms with E-state index in [0.717, 1.165) is 23.9 Å². The van der Waals surface area contributed by atoms with Crippen molar-refractivity contribution >= 4 is 28.4 Å². The number of esters is 1. The van der Waals surface area contributed by atoms with Crippen LogP contribution in [0.1, 0.15) is 37.0 Å². The van der Waals surface area contributed by atoms with Crippen LogP contribution in [0.4, 0.5) is 11.5 Å². The number of hydrogen-bond donors (Lipinski definition) is 0. The summed E-state index contributed by atoms with van der Waals surface area (Å²) in [5, 5.41) is 4.88. The Labute approximate surface area is 168 Å². The van der Waals surface area contributed by atoms with Gasteiger partial charge in [0.15, 0.2) is 17.2 Å². The van der Waals surface area contributed by atoms with Crippen LogP contribution in [0.5, 0.6) is 11.6 Å². The molecule has 0 amide bonds. The van der Waals surface area contributed by atoms with Gasteiger partial charge in [-0.15, -0.1) is 0 Å². The summed E-state index contributed by atoms with van der Waals surface area (Å²) in [5.41, 5.74) is 1.91. The summed E-state index contributed by atoms with van der Waals surface area (Å²) in [6.07, 6.45) is 3.53. The minimum Gasteiger partial charge on any atom is -0.488 e. The standard InChI is InChI=1S/C21H23N3O5/c1-3-5-9-28-20-16-7-6-15(12-17(16)29-23-20)24-8-10-27-18-11-14(13-22-19(18)24)21(25)26-4-2/h6-7,11-13H,3-5,8-10H2,1-2H3. The maximum Gasteiger partial charge on any atom is 0.339 e. The van der Waals surface area contributed by atoms with Crippen molar-refractivity contribution < 1.29 is 23.5 Å². The molecule has 0 fully saturated rings. The molecule has 1 aliphatic rings. The first-order valence-corrected chi connectivity index (χ1v) is 9.81. The number of hydrogen-bond acceptors (Lipinski definition) is 8. The molecule has 0 spiro atoms. The number of anilines is 2. The third-order valence-electron chi connectivity index (χ3n) is 4.64. The average molecular weight is 397 g/mol. The summed E-state index contributed by atoms with van der Waals surface area (Å²) in [7, 11) is 0. The van der Waals surface area contributed by atoms with Gasteiger partial charge in [-0.2, -0.15) is 0 Å². The quantitative estimate of drug-likeness (QED) is 0.435. The van der Waals surface area contributed by atoms with E-state index in [9.17, 15) is 4.79 Å². The zero-order valence-corrected chi connectivity index (χ0v) is 16.5. The molecule has 3 heterocycles. The van der Waals surface area contributed by atoms with Crippen molar-refractivity contribution in [1.82, 2.24) is 10.1 Å². The topological polar surface area (TPSA) is 86.9 Å². The van der Waals surface area contributed by atoms with E-state index < -0.39 is 5.97 Å². The van der Waals surface area contributed by atoms with Crippen molar-refractivity contribution in [2.24, 2.45) is 0 Å². The summed E-state index contributed by atoms with van der Waals surface area (Å²) >= 11 is 0. The summed E-state index contributed by atoms with van der Waals surface area (Å²) in [6.45, 7) is 5.90. The van der Waals surface area contributed by atoms with E-state index in [4.69, 9.17) is 18.7 Å². The molecular weight excluding hydrogens is 374 g/mol. The fraction of sp³-hybridized carbons (Fsp3) is 0.381. The number of rotatable bonds is 7. The number of unbranched alkanes of at least 4 members (excludes halogenated alkanes) is 1. The van der Waals surface area contributed by atoms with E-state index in [0.29, 0.717) is 55.0 Å². The highest BCUT2D eigenvalue weighted by Crippen LogP contribution is 2.37. The number of fused-ring (bicyclic) bond motifs is 2. The molecular formula is C21H23N3O5. The molecule has 8 heteroatoms. The lowest BCUT2D eigenvalue weighted by Crippen LogP contribution is -2.29. The van der Waals surface area contributed by atoms with Crippen LogP contribution in [0.2, 0.25) is 0 Å². The van der Waals surface area contributed by atoms with Gasteiger partial charge < -0.3 is 23.6 Å². The van der Waals surface area contributed by atoms with Crippen LogP contribution in [0.3, 0.4) is 0 Å². The molecule has 3 aromatic rings. The fourth-order valence-electron chi connectivity index (χ4n) is 3.16. The Bertz CT molecular complexity index is 1020. The van der Waals surface area contributed by atoms with Gasteiger partial charge in [0.05, 0.1) is 30.7 Å². The Balaban J connectivity index is 1.61. The van der Waals surface area contributed by atoms with Gasteiger partial charge in [-0.1, -0.05) is 13.3 Å². The Morgan fingerprint density at radius 3 is 3.00 bits per heavy atom. The van der Waals surface area contributed by atoms with Gasteiger partial charge in [0.2, 0.25) is 0 Å². The molecule has 0 radical (unpaired) electrons. The predicted octanol–water partition coefficient (Wildman–Crippen LogP) is 4.11. The smallest absolute Gasteiger partial charge is 0.339 e. The number of nitrogens with zero attached hydrogens (tertiary/aromatic N) is 3. The zero-order valence-electron chi connectivity index (χ0n) is 16.5. The Kier molecular flexibility index (Phi) is 5.50. The lowest BCUT2D eigenvalue weighted by Gasteiger charge is -2.30. The molecule has 1 aromatic carbocycles. The minimum atomic E-state index is -0.415. The van der Waals surface area contributed by atoms with Crippen molar-refractivity contribution in [1.29, 1.82) is 0 Å². The van der Waals surface area contributed by atoms with E-state index in [-0.39, 0.29) is 0 Å². The minimum absolute atomic E-state index is 0.310.